The fourth-order valence-electron chi connectivity index (χ4n) is 2.84. The number of ether oxygens (including phenoxy) is 1. The number of rotatable bonds is 7. The number of benzene rings is 2. The van der Waals surface area contributed by atoms with Crippen molar-refractivity contribution in [2.24, 2.45) is 0 Å². The number of carbonyl (C=O) groups is 2. The van der Waals surface area contributed by atoms with E-state index in [1.54, 1.807) is 0 Å². The molecule has 8 heteroatoms. The maximum absolute atomic E-state index is 12.4. The topological polar surface area (TPSA) is 98.5 Å². The Bertz CT molecular complexity index is 881. The fourth-order valence-corrected chi connectivity index (χ4v) is 3.10. The van der Waals surface area contributed by atoms with Gasteiger partial charge in [-0.25, -0.2) is 0 Å². The van der Waals surface area contributed by atoms with Crippen LogP contribution >= 0.6 is 11.6 Å². The van der Waals surface area contributed by atoms with Crippen molar-refractivity contribution >= 4 is 29.2 Å². The minimum atomic E-state index is -0.590. The quantitative estimate of drug-likeness (QED) is 0.340. The maximum atomic E-state index is 12.4. The van der Waals surface area contributed by atoms with Crippen molar-refractivity contribution in [1.82, 2.24) is 5.32 Å². The molecule has 2 aromatic carbocycles. The second-order valence-corrected chi connectivity index (χ2v) is 6.67. The van der Waals surface area contributed by atoms with E-state index in [0.717, 1.165) is 24.5 Å². The normalized spacial score (nSPS) is 14.3. The van der Waals surface area contributed by atoms with Gasteiger partial charge in [0.25, 0.3) is 11.6 Å². The minimum Gasteiger partial charge on any atom is -0.463 e. The summed E-state index contributed by atoms with van der Waals surface area (Å²) >= 11 is 5.92. The Balaban J connectivity index is 1.50. The SMILES string of the molecule is O=C(NCCOC(=O)C1(c2ccccc2)CC1)c1ccc([N+](=O)[O-])cc1Cl. The van der Waals surface area contributed by atoms with Crippen LogP contribution < -0.4 is 5.32 Å². The molecular weight excluding hydrogens is 372 g/mol. The Morgan fingerprint density at radius 3 is 2.48 bits per heavy atom. The van der Waals surface area contributed by atoms with Crippen LogP contribution in [0.1, 0.15) is 28.8 Å². The van der Waals surface area contributed by atoms with Crippen LogP contribution in [0.15, 0.2) is 48.5 Å². The van der Waals surface area contributed by atoms with Crippen LogP contribution in [0.5, 0.6) is 0 Å². The van der Waals surface area contributed by atoms with E-state index in [9.17, 15) is 19.7 Å². The van der Waals surface area contributed by atoms with Gasteiger partial charge in [-0.15, -0.1) is 0 Å². The van der Waals surface area contributed by atoms with Gasteiger partial charge < -0.3 is 10.1 Å². The number of halogens is 1. The summed E-state index contributed by atoms with van der Waals surface area (Å²) in [5.41, 5.74) is 0.307. The number of nitro groups is 1. The van der Waals surface area contributed by atoms with E-state index in [1.165, 1.54) is 12.1 Å². The summed E-state index contributed by atoms with van der Waals surface area (Å²) in [6.45, 7) is 0.145. The summed E-state index contributed by atoms with van der Waals surface area (Å²) in [5, 5.41) is 13.3. The van der Waals surface area contributed by atoms with Crippen LogP contribution in [0.2, 0.25) is 5.02 Å². The monoisotopic (exact) mass is 388 g/mol. The van der Waals surface area contributed by atoms with E-state index < -0.39 is 16.2 Å². The summed E-state index contributed by atoms with van der Waals surface area (Å²) < 4.78 is 5.31. The number of nitrogens with one attached hydrogen (secondary N) is 1. The van der Waals surface area contributed by atoms with E-state index in [2.05, 4.69) is 5.32 Å². The molecule has 2 aromatic rings. The average Bonchev–Trinajstić information content (AvgIpc) is 3.47. The van der Waals surface area contributed by atoms with Crippen LogP contribution in [0.25, 0.3) is 0 Å². The number of non-ortho nitro benzene ring substituents is 1. The lowest BCUT2D eigenvalue weighted by Gasteiger charge is -2.15. The predicted molar refractivity (Wildman–Crippen MR) is 98.8 cm³/mol. The summed E-state index contributed by atoms with van der Waals surface area (Å²) in [6.07, 6.45) is 1.50. The first kappa shape index (κ1) is 18.8. The van der Waals surface area contributed by atoms with Crippen LogP contribution in [0, 0.1) is 10.1 Å². The second-order valence-electron chi connectivity index (χ2n) is 6.26. The smallest absolute Gasteiger partial charge is 0.316 e. The van der Waals surface area contributed by atoms with Crippen molar-refractivity contribution in [2.45, 2.75) is 18.3 Å². The molecule has 0 atom stereocenters. The number of carbonyl (C=O) groups excluding carboxylic acids is 2. The number of nitro benzene ring substituents is 1. The van der Waals surface area contributed by atoms with E-state index >= 15 is 0 Å². The Labute approximate surface area is 160 Å². The molecule has 0 radical (unpaired) electrons. The number of hydrogen-bond donors (Lipinski definition) is 1. The highest BCUT2D eigenvalue weighted by Gasteiger charge is 2.52. The Kier molecular flexibility index (Phi) is 5.41. The van der Waals surface area contributed by atoms with E-state index in [0.29, 0.717) is 0 Å². The third-order valence-electron chi connectivity index (χ3n) is 4.50. The van der Waals surface area contributed by atoms with Gasteiger partial charge >= 0.3 is 5.97 Å². The summed E-state index contributed by atoms with van der Waals surface area (Å²) in [5.74, 6) is -0.786. The standard InChI is InChI=1S/C19H17ClN2O5/c20-16-12-14(22(25)26)6-7-15(16)17(23)21-10-11-27-18(24)19(8-9-19)13-4-2-1-3-5-13/h1-7,12H,8-11H2,(H,21,23). The molecule has 27 heavy (non-hydrogen) atoms. The molecule has 1 N–H and O–H groups in total. The maximum Gasteiger partial charge on any atom is 0.316 e. The molecule has 0 aliphatic heterocycles. The highest BCUT2D eigenvalue weighted by atomic mass is 35.5. The first-order chi connectivity index (χ1) is 12.9. The Hall–Kier alpha value is -2.93. The van der Waals surface area contributed by atoms with Crippen LogP contribution in [-0.4, -0.2) is 30.0 Å². The molecular formula is C19H17ClN2O5. The first-order valence-electron chi connectivity index (χ1n) is 8.39. The molecule has 0 spiro atoms. The minimum absolute atomic E-state index is 0.0142. The zero-order chi connectivity index (χ0) is 19.4. The van der Waals surface area contributed by atoms with Gasteiger partial charge in [-0.2, -0.15) is 0 Å². The van der Waals surface area contributed by atoms with Crippen molar-refractivity contribution in [3.63, 3.8) is 0 Å². The number of esters is 1. The Morgan fingerprint density at radius 2 is 1.89 bits per heavy atom. The lowest BCUT2D eigenvalue weighted by atomic mass is 9.96. The van der Waals surface area contributed by atoms with Gasteiger partial charge in [0, 0.05) is 12.1 Å². The molecule has 1 aliphatic carbocycles. The van der Waals surface area contributed by atoms with E-state index in [4.69, 9.17) is 16.3 Å². The molecule has 0 aromatic heterocycles. The lowest BCUT2D eigenvalue weighted by molar-refractivity contribution is -0.384. The van der Waals surface area contributed by atoms with E-state index in [-0.39, 0.29) is 35.4 Å². The fraction of sp³-hybridized carbons (Fsp3) is 0.263. The summed E-state index contributed by atoms with van der Waals surface area (Å²) in [6, 6.07) is 13.1. The Morgan fingerprint density at radius 1 is 1.19 bits per heavy atom. The molecule has 7 nitrogen and oxygen atoms in total. The van der Waals surface area contributed by atoms with Gasteiger partial charge in [0.2, 0.25) is 0 Å². The second kappa shape index (κ2) is 7.75. The highest BCUT2D eigenvalue weighted by molar-refractivity contribution is 6.34. The molecule has 1 amide bonds. The highest BCUT2D eigenvalue weighted by Crippen LogP contribution is 2.49. The van der Waals surface area contributed by atoms with Crippen molar-refractivity contribution in [2.75, 3.05) is 13.2 Å². The van der Waals surface area contributed by atoms with Crippen LogP contribution in [0.3, 0.4) is 0 Å². The molecule has 0 bridgehead atoms. The third kappa shape index (κ3) is 4.09. The van der Waals surface area contributed by atoms with Gasteiger partial charge in [-0.05, 0) is 24.5 Å². The lowest BCUT2D eigenvalue weighted by Crippen LogP contribution is -2.30. The zero-order valence-corrected chi connectivity index (χ0v) is 15.1. The molecule has 1 saturated carbocycles. The van der Waals surface area contributed by atoms with Crippen LogP contribution in [0.4, 0.5) is 5.69 Å². The third-order valence-corrected chi connectivity index (χ3v) is 4.81. The van der Waals surface area contributed by atoms with Crippen LogP contribution in [-0.2, 0) is 14.9 Å². The van der Waals surface area contributed by atoms with Gasteiger partial charge in [-0.3, -0.25) is 19.7 Å². The first-order valence-corrected chi connectivity index (χ1v) is 8.77. The molecule has 1 fully saturated rings. The molecule has 0 heterocycles. The van der Waals surface area contributed by atoms with Crippen molar-refractivity contribution in [1.29, 1.82) is 0 Å². The molecule has 0 saturated heterocycles. The number of hydrogen-bond acceptors (Lipinski definition) is 5. The molecule has 140 valence electrons. The van der Waals surface area contributed by atoms with Gasteiger partial charge in [0.05, 0.1) is 27.5 Å². The zero-order valence-electron chi connectivity index (χ0n) is 14.3. The molecule has 3 rings (SSSR count). The number of nitrogens with zero attached hydrogens (tertiary/aromatic N) is 1. The van der Waals surface area contributed by atoms with Gasteiger partial charge in [0.1, 0.15) is 6.61 Å². The number of amides is 1. The van der Waals surface area contributed by atoms with Gasteiger partial charge in [0.15, 0.2) is 0 Å². The van der Waals surface area contributed by atoms with Crippen molar-refractivity contribution in [3.8, 4) is 0 Å². The largest absolute Gasteiger partial charge is 0.463 e. The van der Waals surface area contributed by atoms with E-state index in [1.807, 2.05) is 30.3 Å². The molecule has 1 aliphatic rings. The molecule has 0 unspecified atom stereocenters. The summed E-state index contributed by atoms with van der Waals surface area (Å²) in [4.78, 5) is 34.6. The predicted octanol–water partition coefficient (Wildman–Crippen LogP) is 3.25. The average molecular weight is 389 g/mol. The van der Waals surface area contributed by atoms with Crippen molar-refractivity contribution in [3.05, 3.63) is 74.8 Å². The van der Waals surface area contributed by atoms with Gasteiger partial charge in [-0.1, -0.05) is 41.9 Å². The van der Waals surface area contributed by atoms with Crippen molar-refractivity contribution < 1.29 is 19.2 Å². The summed E-state index contributed by atoms with van der Waals surface area (Å²) in [7, 11) is 0.